The molecule has 1 fully saturated rings. The van der Waals surface area contributed by atoms with E-state index >= 15 is 0 Å². The van der Waals surface area contributed by atoms with E-state index in [4.69, 9.17) is 5.11 Å². The van der Waals surface area contributed by atoms with Gasteiger partial charge in [-0.25, -0.2) is 9.79 Å². The first-order valence-corrected chi connectivity index (χ1v) is 6.86. The number of hydrogen-bond acceptors (Lipinski definition) is 4. The van der Waals surface area contributed by atoms with Crippen LogP contribution < -0.4 is 0 Å². The molecule has 19 heavy (non-hydrogen) atoms. The molecule has 0 bridgehead atoms. The highest BCUT2D eigenvalue weighted by atomic mass is 32.1. The Morgan fingerprint density at radius 2 is 2.05 bits per heavy atom. The maximum Gasteiger partial charge on any atom is 0.346 e. The summed E-state index contributed by atoms with van der Waals surface area (Å²) in [5, 5.41) is 9.63. The average Bonchev–Trinajstić information content (AvgIpc) is 2.84. The van der Waals surface area contributed by atoms with Gasteiger partial charge in [-0.05, 0) is 44.2 Å². The monoisotopic (exact) mass is 277 g/mol. The third-order valence-electron chi connectivity index (χ3n) is 3.21. The largest absolute Gasteiger partial charge is 0.477 e. The molecule has 0 atom stereocenters. The number of aromatic carboxylic acids is 1. The van der Waals surface area contributed by atoms with Crippen molar-refractivity contribution in [3.8, 4) is 0 Å². The van der Waals surface area contributed by atoms with Crippen molar-refractivity contribution in [3.63, 3.8) is 0 Å². The summed E-state index contributed by atoms with van der Waals surface area (Å²) in [5.74, 6) is -1.16. The van der Waals surface area contributed by atoms with Crippen LogP contribution in [-0.4, -0.2) is 22.6 Å². The number of aliphatic imine (C=N–C) groups is 1. The summed E-state index contributed by atoms with van der Waals surface area (Å²) in [7, 11) is 0. The van der Waals surface area contributed by atoms with Crippen LogP contribution >= 0.6 is 11.3 Å². The number of hydrogen-bond donors (Lipinski definition) is 1. The molecule has 1 saturated carbocycles. The maximum atomic E-state index is 11.7. The van der Waals surface area contributed by atoms with E-state index in [-0.39, 0.29) is 10.7 Å². The van der Waals surface area contributed by atoms with Gasteiger partial charge in [0.05, 0.1) is 5.56 Å². The van der Waals surface area contributed by atoms with Crippen molar-refractivity contribution in [1.29, 1.82) is 0 Å². The predicted octanol–water partition coefficient (Wildman–Crippen LogP) is 3.77. The highest BCUT2D eigenvalue weighted by Gasteiger charge is 2.23. The Labute approximate surface area is 115 Å². The van der Waals surface area contributed by atoms with Crippen LogP contribution in [-0.2, 0) is 0 Å². The minimum Gasteiger partial charge on any atom is -0.477 e. The van der Waals surface area contributed by atoms with Gasteiger partial charge >= 0.3 is 5.97 Å². The van der Waals surface area contributed by atoms with E-state index < -0.39 is 5.97 Å². The summed E-state index contributed by atoms with van der Waals surface area (Å²) >= 11 is 1.06. The fraction of sp³-hybridized carbons (Fsp3) is 0.357. The number of allylic oxidation sites excluding steroid dienone is 1. The van der Waals surface area contributed by atoms with Crippen molar-refractivity contribution < 1.29 is 14.7 Å². The van der Waals surface area contributed by atoms with Crippen LogP contribution in [0.3, 0.4) is 0 Å². The van der Waals surface area contributed by atoms with Crippen LogP contribution in [0.4, 0.5) is 5.00 Å². The number of thiophene rings is 1. The van der Waals surface area contributed by atoms with E-state index in [2.05, 4.69) is 11.6 Å². The second-order valence-electron chi connectivity index (χ2n) is 4.61. The number of carbonyl (C=O) groups is 2. The van der Waals surface area contributed by atoms with Gasteiger partial charge in [0.15, 0.2) is 5.78 Å². The molecule has 0 aliphatic heterocycles. The summed E-state index contributed by atoms with van der Waals surface area (Å²) in [6.45, 7) is 7.04. The van der Waals surface area contributed by atoms with Crippen molar-refractivity contribution in [2.24, 2.45) is 4.99 Å². The number of rotatable bonds is 3. The predicted molar refractivity (Wildman–Crippen MR) is 76.1 cm³/mol. The molecule has 4 nitrogen and oxygen atoms in total. The molecule has 0 aromatic carbocycles. The molecular weight excluding hydrogens is 262 g/mol. The SMILES string of the molecule is C=C1CCC/C1=N\c1sc(C(=O)O)c(C)c1C(C)=O. The van der Waals surface area contributed by atoms with E-state index in [0.717, 1.165) is 41.9 Å². The van der Waals surface area contributed by atoms with E-state index in [1.165, 1.54) is 6.92 Å². The van der Waals surface area contributed by atoms with Crippen LogP contribution in [0.2, 0.25) is 0 Å². The number of nitrogens with zero attached hydrogens (tertiary/aromatic N) is 1. The Balaban J connectivity index is 2.56. The fourth-order valence-corrected chi connectivity index (χ4v) is 3.33. The lowest BCUT2D eigenvalue weighted by atomic mass is 10.1. The molecule has 1 aliphatic rings. The van der Waals surface area contributed by atoms with Crippen LogP contribution in [0.25, 0.3) is 0 Å². The minimum atomic E-state index is -1.01. The minimum absolute atomic E-state index is 0.149. The number of Topliss-reactive ketones (excluding diaryl/α,β-unsaturated/α-hetero) is 1. The third kappa shape index (κ3) is 2.51. The van der Waals surface area contributed by atoms with Gasteiger partial charge in [-0.2, -0.15) is 0 Å². The lowest BCUT2D eigenvalue weighted by Gasteiger charge is -1.99. The van der Waals surface area contributed by atoms with Crippen molar-refractivity contribution in [1.82, 2.24) is 0 Å². The van der Waals surface area contributed by atoms with Crippen molar-refractivity contribution >= 4 is 33.8 Å². The standard InChI is InChI=1S/C14H15NO3S/c1-7-5-4-6-10(7)15-13-11(9(3)16)8(2)12(19-13)14(17)18/h1,4-6H2,2-3H3,(H,17,18)/b15-10+. The lowest BCUT2D eigenvalue weighted by molar-refractivity contribution is 0.0701. The van der Waals surface area contributed by atoms with E-state index in [1.807, 2.05) is 0 Å². The van der Waals surface area contributed by atoms with Crippen molar-refractivity contribution in [3.05, 3.63) is 28.2 Å². The summed E-state index contributed by atoms with van der Waals surface area (Å²) in [5.41, 5.74) is 2.81. The topological polar surface area (TPSA) is 66.7 Å². The molecule has 0 saturated heterocycles. The Bertz CT molecular complexity index is 610. The average molecular weight is 277 g/mol. The molecule has 0 spiro atoms. The number of ketones is 1. The van der Waals surface area contributed by atoms with Gasteiger partial charge in [0.2, 0.25) is 0 Å². The molecule has 0 unspecified atom stereocenters. The molecule has 1 aromatic rings. The first-order chi connectivity index (χ1) is 8.91. The van der Waals surface area contributed by atoms with E-state index in [0.29, 0.717) is 16.1 Å². The summed E-state index contributed by atoms with van der Waals surface area (Å²) in [6.07, 6.45) is 2.78. The Morgan fingerprint density at radius 1 is 1.37 bits per heavy atom. The molecule has 1 heterocycles. The second-order valence-corrected chi connectivity index (χ2v) is 5.61. The van der Waals surface area contributed by atoms with Crippen LogP contribution in [0.5, 0.6) is 0 Å². The van der Waals surface area contributed by atoms with Gasteiger partial charge in [0.25, 0.3) is 0 Å². The van der Waals surface area contributed by atoms with Gasteiger partial charge in [-0.1, -0.05) is 6.58 Å². The summed E-state index contributed by atoms with van der Waals surface area (Å²) < 4.78 is 0. The van der Waals surface area contributed by atoms with Gasteiger partial charge in [-0.15, -0.1) is 11.3 Å². The lowest BCUT2D eigenvalue weighted by Crippen LogP contribution is -1.99. The molecule has 1 N–H and O–H groups in total. The van der Waals surface area contributed by atoms with E-state index in [9.17, 15) is 9.59 Å². The van der Waals surface area contributed by atoms with Crippen molar-refractivity contribution in [2.45, 2.75) is 33.1 Å². The molecule has 1 aromatic heterocycles. The van der Waals surface area contributed by atoms with Gasteiger partial charge in [0.1, 0.15) is 9.88 Å². The van der Waals surface area contributed by atoms with Crippen molar-refractivity contribution in [2.75, 3.05) is 0 Å². The molecule has 0 amide bonds. The number of carbonyl (C=O) groups excluding carboxylic acids is 1. The quantitative estimate of drug-likeness (QED) is 0.855. The van der Waals surface area contributed by atoms with Gasteiger partial charge in [-0.3, -0.25) is 4.79 Å². The van der Waals surface area contributed by atoms with Crippen LogP contribution in [0, 0.1) is 6.92 Å². The molecule has 2 rings (SSSR count). The second kappa shape index (κ2) is 5.09. The number of carboxylic acids is 1. The van der Waals surface area contributed by atoms with E-state index in [1.54, 1.807) is 6.92 Å². The van der Waals surface area contributed by atoms with Gasteiger partial charge < -0.3 is 5.11 Å². The third-order valence-corrected chi connectivity index (χ3v) is 4.38. The van der Waals surface area contributed by atoms with Gasteiger partial charge in [0, 0.05) is 5.71 Å². The zero-order chi connectivity index (χ0) is 14.2. The Hall–Kier alpha value is -1.75. The fourth-order valence-electron chi connectivity index (χ4n) is 2.24. The maximum absolute atomic E-state index is 11.7. The molecule has 1 aliphatic carbocycles. The first-order valence-electron chi connectivity index (χ1n) is 6.05. The molecule has 100 valence electrons. The summed E-state index contributed by atoms with van der Waals surface area (Å²) in [6, 6.07) is 0. The summed E-state index contributed by atoms with van der Waals surface area (Å²) in [4.78, 5) is 27.5. The Kier molecular flexibility index (Phi) is 3.66. The highest BCUT2D eigenvalue weighted by molar-refractivity contribution is 7.18. The molecule has 0 radical (unpaired) electrons. The normalized spacial score (nSPS) is 17.2. The zero-order valence-corrected chi connectivity index (χ0v) is 11.8. The van der Waals surface area contributed by atoms with Crippen LogP contribution in [0.15, 0.2) is 17.1 Å². The van der Waals surface area contributed by atoms with Crippen LogP contribution in [0.1, 0.15) is 51.8 Å². The molecular formula is C14H15NO3S. The number of carboxylic acid groups (broad SMARTS) is 1. The zero-order valence-electron chi connectivity index (χ0n) is 10.9. The highest BCUT2D eigenvalue weighted by Crippen LogP contribution is 2.37. The first kappa shape index (κ1) is 13.7. The smallest absolute Gasteiger partial charge is 0.346 e. The molecule has 5 heteroatoms. The Morgan fingerprint density at radius 3 is 2.53 bits per heavy atom.